The van der Waals surface area contributed by atoms with Crippen LogP contribution in [0.15, 0.2) is 0 Å². The van der Waals surface area contributed by atoms with Crippen molar-refractivity contribution in [3.63, 3.8) is 0 Å². The molecule has 2 fully saturated rings. The Morgan fingerprint density at radius 2 is 1.93 bits per heavy atom. The summed E-state index contributed by atoms with van der Waals surface area (Å²) in [5.74, 6) is -1.27. The fourth-order valence-corrected chi connectivity index (χ4v) is 2.64. The second-order valence-electron chi connectivity index (χ2n) is 4.58. The predicted molar refractivity (Wildman–Crippen MR) is 54.3 cm³/mol. The van der Waals surface area contributed by atoms with Crippen molar-refractivity contribution in [3.05, 3.63) is 0 Å². The summed E-state index contributed by atoms with van der Waals surface area (Å²) in [6, 6.07) is 0.315. The van der Waals surface area contributed by atoms with Gasteiger partial charge in [-0.2, -0.15) is 0 Å². The van der Waals surface area contributed by atoms with Gasteiger partial charge in [0, 0.05) is 19.0 Å². The zero-order valence-corrected chi connectivity index (χ0v) is 8.82. The summed E-state index contributed by atoms with van der Waals surface area (Å²) in [6.45, 7) is 0.429. The van der Waals surface area contributed by atoms with Crippen LogP contribution in [-0.4, -0.2) is 34.5 Å². The number of carbonyl (C=O) groups excluding carboxylic acids is 1. The fraction of sp³-hybridized carbons (Fsp3) is 0.818. The molecular weight excluding hydrogens is 194 g/mol. The molecule has 1 unspecified atom stereocenters. The minimum Gasteiger partial charge on any atom is -0.481 e. The van der Waals surface area contributed by atoms with Crippen LogP contribution in [0.4, 0.5) is 0 Å². The summed E-state index contributed by atoms with van der Waals surface area (Å²) in [7, 11) is 0. The Morgan fingerprint density at radius 1 is 1.27 bits per heavy atom. The van der Waals surface area contributed by atoms with Gasteiger partial charge in [0.15, 0.2) is 0 Å². The smallest absolute Gasteiger partial charge is 0.308 e. The molecule has 1 aliphatic heterocycles. The van der Waals surface area contributed by atoms with Crippen molar-refractivity contribution in [2.75, 3.05) is 6.54 Å². The van der Waals surface area contributed by atoms with E-state index in [0.717, 1.165) is 12.8 Å². The molecule has 0 aromatic carbocycles. The van der Waals surface area contributed by atoms with Crippen molar-refractivity contribution in [3.8, 4) is 0 Å². The van der Waals surface area contributed by atoms with Crippen molar-refractivity contribution < 1.29 is 14.7 Å². The number of nitrogens with zero attached hydrogens (tertiary/aromatic N) is 1. The van der Waals surface area contributed by atoms with Crippen molar-refractivity contribution >= 4 is 11.9 Å². The Morgan fingerprint density at radius 3 is 2.47 bits per heavy atom. The molecule has 2 rings (SSSR count). The molecule has 2 aliphatic rings. The van der Waals surface area contributed by atoms with E-state index in [2.05, 4.69) is 0 Å². The van der Waals surface area contributed by atoms with Gasteiger partial charge >= 0.3 is 5.97 Å². The van der Waals surface area contributed by atoms with Gasteiger partial charge in [-0.05, 0) is 12.8 Å². The maximum atomic E-state index is 11.7. The quantitative estimate of drug-likeness (QED) is 0.748. The van der Waals surface area contributed by atoms with E-state index in [0.29, 0.717) is 12.6 Å². The van der Waals surface area contributed by atoms with Crippen molar-refractivity contribution in [1.29, 1.82) is 0 Å². The minimum atomic E-state index is -0.832. The number of carboxylic acid groups (broad SMARTS) is 1. The lowest BCUT2D eigenvalue weighted by molar-refractivity contribution is -0.141. The number of aliphatic carboxylic acids is 1. The molecule has 1 atom stereocenters. The SMILES string of the molecule is O=C(O)C1CC(=O)N(C2CCCCC2)C1. The van der Waals surface area contributed by atoms with Crippen LogP contribution in [0.25, 0.3) is 0 Å². The number of carbonyl (C=O) groups is 2. The first-order valence-electron chi connectivity index (χ1n) is 5.71. The molecule has 1 saturated carbocycles. The molecule has 1 saturated heterocycles. The first-order chi connectivity index (χ1) is 7.18. The summed E-state index contributed by atoms with van der Waals surface area (Å²) in [5.41, 5.74) is 0. The lowest BCUT2D eigenvalue weighted by Gasteiger charge is -2.31. The molecule has 0 radical (unpaired) electrons. The number of amides is 1. The summed E-state index contributed by atoms with van der Waals surface area (Å²) in [5, 5.41) is 8.87. The molecule has 15 heavy (non-hydrogen) atoms. The van der Waals surface area contributed by atoms with Gasteiger partial charge in [-0.3, -0.25) is 9.59 Å². The first-order valence-corrected chi connectivity index (χ1v) is 5.71. The molecule has 0 aromatic rings. The molecule has 0 aromatic heterocycles. The third-order valence-corrected chi connectivity index (χ3v) is 3.52. The predicted octanol–water partition coefficient (Wildman–Crippen LogP) is 1.25. The number of rotatable bonds is 2. The Bertz CT molecular complexity index is 271. The molecule has 1 heterocycles. The van der Waals surface area contributed by atoms with E-state index in [-0.39, 0.29) is 12.3 Å². The molecular formula is C11H17NO3. The highest BCUT2D eigenvalue weighted by molar-refractivity contribution is 5.86. The second kappa shape index (κ2) is 4.21. The number of carboxylic acids is 1. The summed E-state index contributed by atoms with van der Waals surface area (Å²) >= 11 is 0. The molecule has 0 spiro atoms. The third-order valence-electron chi connectivity index (χ3n) is 3.52. The van der Waals surface area contributed by atoms with E-state index in [4.69, 9.17) is 5.11 Å². The number of hydrogen-bond donors (Lipinski definition) is 1. The van der Waals surface area contributed by atoms with E-state index in [9.17, 15) is 9.59 Å². The Labute approximate surface area is 89.3 Å². The zero-order chi connectivity index (χ0) is 10.8. The van der Waals surface area contributed by atoms with Gasteiger partial charge in [0.25, 0.3) is 0 Å². The summed E-state index contributed by atoms with van der Waals surface area (Å²) in [4.78, 5) is 24.3. The zero-order valence-electron chi connectivity index (χ0n) is 8.82. The fourth-order valence-electron chi connectivity index (χ4n) is 2.64. The number of likely N-dealkylation sites (tertiary alicyclic amines) is 1. The van der Waals surface area contributed by atoms with Gasteiger partial charge in [-0.1, -0.05) is 19.3 Å². The molecule has 1 N–H and O–H groups in total. The highest BCUT2D eigenvalue weighted by Crippen LogP contribution is 2.28. The van der Waals surface area contributed by atoms with Gasteiger partial charge in [0.05, 0.1) is 5.92 Å². The van der Waals surface area contributed by atoms with E-state index in [1.54, 1.807) is 4.90 Å². The molecule has 1 aliphatic carbocycles. The molecule has 1 amide bonds. The lowest BCUT2D eigenvalue weighted by Crippen LogP contribution is -2.38. The number of hydrogen-bond acceptors (Lipinski definition) is 2. The van der Waals surface area contributed by atoms with Crippen LogP contribution < -0.4 is 0 Å². The third kappa shape index (κ3) is 2.13. The topological polar surface area (TPSA) is 57.6 Å². The van der Waals surface area contributed by atoms with Gasteiger partial charge in [-0.15, -0.1) is 0 Å². The van der Waals surface area contributed by atoms with Crippen LogP contribution in [-0.2, 0) is 9.59 Å². The Balaban J connectivity index is 1.97. The van der Waals surface area contributed by atoms with Crippen LogP contribution in [0, 0.1) is 5.92 Å². The van der Waals surface area contributed by atoms with E-state index >= 15 is 0 Å². The van der Waals surface area contributed by atoms with Gasteiger partial charge in [-0.25, -0.2) is 0 Å². The highest BCUT2D eigenvalue weighted by Gasteiger charge is 2.37. The lowest BCUT2D eigenvalue weighted by atomic mass is 9.94. The van der Waals surface area contributed by atoms with Crippen molar-refractivity contribution in [1.82, 2.24) is 4.90 Å². The maximum Gasteiger partial charge on any atom is 0.308 e. The van der Waals surface area contributed by atoms with E-state index in [1.807, 2.05) is 0 Å². The highest BCUT2D eigenvalue weighted by atomic mass is 16.4. The van der Waals surface area contributed by atoms with Crippen LogP contribution in [0.2, 0.25) is 0 Å². The Kier molecular flexibility index (Phi) is 2.93. The van der Waals surface area contributed by atoms with Crippen molar-refractivity contribution in [2.24, 2.45) is 5.92 Å². The van der Waals surface area contributed by atoms with Crippen molar-refractivity contribution in [2.45, 2.75) is 44.6 Å². The average Bonchev–Trinajstić information content (AvgIpc) is 2.62. The maximum absolute atomic E-state index is 11.7. The molecule has 4 nitrogen and oxygen atoms in total. The molecule has 4 heteroatoms. The average molecular weight is 211 g/mol. The first kappa shape index (κ1) is 10.5. The van der Waals surface area contributed by atoms with Gasteiger partial charge < -0.3 is 10.0 Å². The second-order valence-corrected chi connectivity index (χ2v) is 4.58. The normalized spacial score (nSPS) is 28.4. The summed E-state index contributed by atoms with van der Waals surface area (Å²) < 4.78 is 0. The van der Waals surface area contributed by atoms with Crippen LogP contribution in [0.3, 0.4) is 0 Å². The Hall–Kier alpha value is -1.06. The molecule has 0 bridgehead atoms. The van der Waals surface area contributed by atoms with Crippen LogP contribution in [0.1, 0.15) is 38.5 Å². The van der Waals surface area contributed by atoms with Gasteiger partial charge in [0.2, 0.25) is 5.91 Å². The summed E-state index contributed by atoms with van der Waals surface area (Å²) in [6.07, 6.45) is 5.90. The molecule has 84 valence electrons. The minimum absolute atomic E-state index is 0.0364. The van der Waals surface area contributed by atoms with Gasteiger partial charge in [0.1, 0.15) is 0 Å². The van der Waals surface area contributed by atoms with Crippen LogP contribution in [0.5, 0.6) is 0 Å². The van der Waals surface area contributed by atoms with Crippen LogP contribution >= 0.6 is 0 Å². The van der Waals surface area contributed by atoms with E-state index < -0.39 is 11.9 Å². The monoisotopic (exact) mass is 211 g/mol. The van der Waals surface area contributed by atoms with E-state index in [1.165, 1.54) is 19.3 Å². The standard InChI is InChI=1S/C11H17NO3/c13-10-6-8(11(14)15)7-12(10)9-4-2-1-3-5-9/h8-9H,1-7H2,(H,14,15). The largest absolute Gasteiger partial charge is 0.481 e.